The van der Waals surface area contributed by atoms with Gasteiger partial charge in [0.25, 0.3) is 5.91 Å². The highest BCUT2D eigenvalue weighted by Gasteiger charge is 2.24. The van der Waals surface area contributed by atoms with Crippen LogP contribution in [0.3, 0.4) is 0 Å². The van der Waals surface area contributed by atoms with Crippen molar-refractivity contribution >= 4 is 44.6 Å². The topological polar surface area (TPSA) is 46.3 Å². The standard InChI is InChI=1S/C15H19ClN2OS/c1-8(2)9(3)18(4)15(19)14-13(17)11-6-5-10(16)7-12(11)20-14/h5-9H,17H2,1-4H3. The van der Waals surface area contributed by atoms with Gasteiger partial charge in [-0.15, -0.1) is 11.3 Å². The van der Waals surface area contributed by atoms with Crippen LogP contribution >= 0.6 is 22.9 Å². The molecule has 1 unspecified atom stereocenters. The van der Waals surface area contributed by atoms with E-state index in [1.54, 1.807) is 11.0 Å². The number of nitrogens with two attached hydrogens (primary N) is 1. The molecular weight excluding hydrogens is 292 g/mol. The van der Waals surface area contributed by atoms with Crippen molar-refractivity contribution in [3.8, 4) is 0 Å². The molecule has 1 aromatic carbocycles. The van der Waals surface area contributed by atoms with E-state index in [2.05, 4.69) is 13.8 Å². The van der Waals surface area contributed by atoms with Crippen LogP contribution in [0.2, 0.25) is 5.02 Å². The van der Waals surface area contributed by atoms with E-state index in [9.17, 15) is 4.79 Å². The molecule has 108 valence electrons. The first kappa shape index (κ1) is 15.1. The fourth-order valence-electron chi connectivity index (χ4n) is 2.04. The molecule has 0 saturated carbocycles. The minimum Gasteiger partial charge on any atom is -0.397 e. The molecule has 1 amide bonds. The summed E-state index contributed by atoms with van der Waals surface area (Å²) in [5.74, 6) is 0.370. The van der Waals surface area contributed by atoms with Gasteiger partial charge in [0, 0.05) is 28.2 Å². The van der Waals surface area contributed by atoms with Crippen LogP contribution in [0.4, 0.5) is 5.69 Å². The summed E-state index contributed by atoms with van der Waals surface area (Å²) >= 11 is 7.39. The van der Waals surface area contributed by atoms with Gasteiger partial charge >= 0.3 is 0 Å². The van der Waals surface area contributed by atoms with Crippen molar-refractivity contribution in [2.24, 2.45) is 5.92 Å². The summed E-state index contributed by atoms with van der Waals surface area (Å²) < 4.78 is 0.948. The Bertz CT molecular complexity index is 651. The third-order valence-electron chi connectivity index (χ3n) is 3.78. The molecule has 0 spiro atoms. The van der Waals surface area contributed by atoms with Crippen LogP contribution in [-0.2, 0) is 0 Å². The van der Waals surface area contributed by atoms with E-state index in [1.165, 1.54) is 11.3 Å². The van der Waals surface area contributed by atoms with Gasteiger partial charge in [0.05, 0.1) is 5.69 Å². The Kier molecular flexibility index (Phi) is 4.25. The molecule has 1 heterocycles. The van der Waals surface area contributed by atoms with Crippen LogP contribution in [0.15, 0.2) is 18.2 Å². The van der Waals surface area contributed by atoms with Crippen molar-refractivity contribution < 1.29 is 4.79 Å². The van der Waals surface area contributed by atoms with Crippen molar-refractivity contribution in [2.75, 3.05) is 12.8 Å². The molecule has 0 radical (unpaired) electrons. The fourth-order valence-corrected chi connectivity index (χ4v) is 3.42. The number of fused-ring (bicyclic) bond motifs is 1. The summed E-state index contributed by atoms with van der Waals surface area (Å²) in [6, 6.07) is 5.67. The zero-order valence-corrected chi connectivity index (χ0v) is 13.7. The number of nitrogen functional groups attached to an aromatic ring is 1. The Morgan fingerprint density at radius 2 is 2.00 bits per heavy atom. The molecule has 2 N–H and O–H groups in total. The first-order valence-corrected chi connectivity index (χ1v) is 7.77. The van der Waals surface area contributed by atoms with Gasteiger partial charge < -0.3 is 10.6 Å². The molecule has 0 saturated heterocycles. The van der Waals surface area contributed by atoms with E-state index in [-0.39, 0.29) is 11.9 Å². The summed E-state index contributed by atoms with van der Waals surface area (Å²) in [6.45, 7) is 6.24. The maximum atomic E-state index is 12.6. The predicted molar refractivity (Wildman–Crippen MR) is 87.6 cm³/mol. The van der Waals surface area contributed by atoms with Crippen LogP contribution in [-0.4, -0.2) is 23.9 Å². The molecule has 0 aliphatic carbocycles. The first-order chi connectivity index (χ1) is 9.32. The lowest BCUT2D eigenvalue weighted by molar-refractivity contribution is 0.0713. The number of hydrogen-bond donors (Lipinski definition) is 1. The minimum absolute atomic E-state index is 0.0268. The van der Waals surface area contributed by atoms with Crippen LogP contribution < -0.4 is 5.73 Å². The summed E-state index contributed by atoms with van der Waals surface area (Å²) in [6.07, 6.45) is 0. The van der Waals surface area contributed by atoms with E-state index in [1.807, 2.05) is 26.1 Å². The van der Waals surface area contributed by atoms with Gasteiger partial charge in [-0.1, -0.05) is 25.4 Å². The molecule has 1 atom stereocenters. The zero-order valence-electron chi connectivity index (χ0n) is 12.1. The number of carbonyl (C=O) groups is 1. The summed E-state index contributed by atoms with van der Waals surface area (Å²) in [5, 5.41) is 1.55. The number of benzene rings is 1. The normalized spacial score (nSPS) is 12.9. The lowest BCUT2D eigenvalue weighted by atomic mass is 10.1. The molecular formula is C15H19ClN2OS. The molecule has 0 aliphatic rings. The molecule has 3 nitrogen and oxygen atoms in total. The van der Waals surface area contributed by atoms with Crippen LogP contribution in [0.1, 0.15) is 30.4 Å². The summed E-state index contributed by atoms with van der Waals surface area (Å²) in [4.78, 5) is 14.9. The molecule has 2 rings (SSSR count). The quantitative estimate of drug-likeness (QED) is 0.921. The second-order valence-corrected chi connectivity index (χ2v) is 6.87. The number of carbonyl (C=O) groups excluding carboxylic acids is 1. The smallest absolute Gasteiger partial charge is 0.266 e. The number of anilines is 1. The number of amides is 1. The van der Waals surface area contributed by atoms with Crippen LogP contribution in [0, 0.1) is 5.92 Å². The van der Waals surface area contributed by atoms with E-state index in [0.29, 0.717) is 21.5 Å². The van der Waals surface area contributed by atoms with Gasteiger partial charge in [-0.3, -0.25) is 4.79 Å². The average Bonchev–Trinajstić information content (AvgIpc) is 2.72. The lowest BCUT2D eigenvalue weighted by Crippen LogP contribution is -2.38. The van der Waals surface area contributed by atoms with Gasteiger partial charge in [-0.05, 0) is 31.0 Å². The Labute approximate surface area is 128 Å². The largest absolute Gasteiger partial charge is 0.397 e. The highest BCUT2D eigenvalue weighted by molar-refractivity contribution is 7.21. The van der Waals surface area contributed by atoms with Crippen molar-refractivity contribution in [1.29, 1.82) is 0 Å². The summed E-state index contributed by atoms with van der Waals surface area (Å²) in [5.41, 5.74) is 6.67. The second kappa shape index (κ2) is 5.62. The molecule has 0 aliphatic heterocycles. The van der Waals surface area contributed by atoms with Gasteiger partial charge in [0.1, 0.15) is 4.88 Å². The maximum Gasteiger partial charge on any atom is 0.266 e. The van der Waals surface area contributed by atoms with Crippen molar-refractivity contribution in [2.45, 2.75) is 26.8 Å². The number of hydrogen-bond acceptors (Lipinski definition) is 3. The predicted octanol–water partition coefficient (Wildman–Crippen LogP) is 4.25. The SMILES string of the molecule is CC(C)C(C)N(C)C(=O)c1sc2cc(Cl)ccc2c1N. The van der Waals surface area contributed by atoms with Gasteiger partial charge in [-0.25, -0.2) is 0 Å². The Hall–Kier alpha value is -1.26. The molecule has 1 aromatic heterocycles. The Morgan fingerprint density at radius 3 is 2.60 bits per heavy atom. The lowest BCUT2D eigenvalue weighted by Gasteiger charge is -2.27. The zero-order chi connectivity index (χ0) is 15.0. The third-order valence-corrected chi connectivity index (χ3v) is 5.17. The van der Waals surface area contributed by atoms with Gasteiger partial charge in [-0.2, -0.15) is 0 Å². The molecule has 2 aromatic rings. The maximum absolute atomic E-state index is 12.6. The highest BCUT2D eigenvalue weighted by atomic mass is 35.5. The minimum atomic E-state index is -0.0268. The number of nitrogens with zero attached hydrogens (tertiary/aromatic N) is 1. The van der Waals surface area contributed by atoms with Crippen molar-refractivity contribution in [1.82, 2.24) is 4.90 Å². The molecule has 0 bridgehead atoms. The van der Waals surface area contributed by atoms with E-state index in [4.69, 9.17) is 17.3 Å². The van der Waals surface area contributed by atoms with Crippen molar-refractivity contribution in [3.05, 3.63) is 28.1 Å². The monoisotopic (exact) mass is 310 g/mol. The number of thiophene rings is 1. The van der Waals surface area contributed by atoms with Crippen LogP contribution in [0.25, 0.3) is 10.1 Å². The first-order valence-electron chi connectivity index (χ1n) is 6.57. The highest BCUT2D eigenvalue weighted by Crippen LogP contribution is 2.36. The number of rotatable bonds is 3. The average molecular weight is 311 g/mol. The van der Waals surface area contributed by atoms with E-state index < -0.39 is 0 Å². The Morgan fingerprint density at radius 1 is 1.35 bits per heavy atom. The second-order valence-electron chi connectivity index (χ2n) is 5.39. The fraction of sp³-hybridized carbons (Fsp3) is 0.400. The van der Waals surface area contributed by atoms with Crippen LogP contribution in [0.5, 0.6) is 0 Å². The van der Waals surface area contributed by atoms with E-state index in [0.717, 1.165) is 10.1 Å². The molecule has 0 fully saturated rings. The van der Waals surface area contributed by atoms with Crippen molar-refractivity contribution in [3.63, 3.8) is 0 Å². The Balaban J connectivity index is 2.42. The molecule has 5 heteroatoms. The van der Waals surface area contributed by atoms with Gasteiger partial charge in [0.15, 0.2) is 0 Å². The molecule has 20 heavy (non-hydrogen) atoms. The number of halogens is 1. The van der Waals surface area contributed by atoms with E-state index >= 15 is 0 Å². The summed E-state index contributed by atoms with van der Waals surface area (Å²) in [7, 11) is 1.82. The van der Waals surface area contributed by atoms with Gasteiger partial charge in [0.2, 0.25) is 0 Å². The third kappa shape index (κ3) is 2.63.